The van der Waals surface area contributed by atoms with Crippen LogP contribution in [0, 0.1) is 0 Å². The predicted molar refractivity (Wildman–Crippen MR) is 80.1 cm³/mol. The molecule has 116 valence electrons. The molecule has 2 heterocycles. The van der Waals surface area contributed by atoms with E-state index in [1.54, 1.807) is 11.1 Å². The summed E-state index contributed by atoms with van der Waals surface area (Å²) in [5.74, 6) is 0.208. The Kier molecular flexibility index (Phi) is 4.37. The summed E-state index contributed by atoms with van der Waals surface area (Å²) in [6.07, 6.45) is 2.29. The Balaban J connectivity index is 2.05. The van der Waals surface area contributed by atoms with Gasteiger partial charge in [0.25, 0.3) is 5.56 Å². The van der Waals surface area contributed by atoms with Crippen LogP contribution in [0.1, 0.15) is 44.2 Å². The number of hydrogen-bond acceptors (Lipinski definition) is 4. The molecule has 0 aromatic carbocycles. The lowest BCUT2D eigenvalue weighted by atomic mass is 9.99. The molecule has 1 aliphatic heterocycles. The first kappa shape index (κ1) is 15.6. The van der Waals surface area contributed by atoms with E-state index < -0.39 is 5.60 Å². The van der Waals surface area contributed by atoms with E-state index >= 15 is 0 Å². The highest BCUT2D eigenvalue weighted by Crippen LogP contribution is 2.27. The third-order valence-electron chi connectivity index (χ3n) is 3.53. The van der Waals surface area contributed by atoms with Gasteiger partial charge in [0.2, 0.25) is 0 Å². The molecule has 21 heavy (non-hydrogen) atoms. The number of hydrogen-bond donors (Lipinski definition) is 2. The van der Waals surface area contributed by atoms with E-state index in [-0.39, 0.29) is 24.1 Å². The lowest BCUT2D eigenvalue weighted by Gasteiger charge is -2.24. The van der Waals surface area contributed by atoms with E-state index in [0.717, 1.165) is 12.0 Å². The fourth-order valence-electron chi connectivity index (χ4n) is 2.46. The van der Waals surface area contributed by atoms with Gasteiger partial charge in [-0.1, -0.05) is 0 Å². The van der Waals surface area contributed by atoms with Crippen molar-refractivity contribution in [1.29, 1.82) is 0 Å². The van der Waals surface area contributed by atoms with E-state index in [1.165, 1.54) is 0 Å². The fourth-order valence-corrected chi connectivity index (χ4v) is 2.46. The maximum atomic E-state index is 12.0. The monoisotopic (exact) mass is 293 g/mol. The predicted octanol–water partition coefficient (Wildman–Crippen LogP) is 1.56. The molecule has 1 aliphatic rings. The molecule has 1 saturated heterocycles. The number of aromatic nitrogens is 1. The molecule has 0 spiro atoms. The van der Waals surface area contributed by atoms with Gasteiger partial charge in [-0.05, 0) is 38.8 Å². The third-order valence-corrected chi connectivity index (χ3v) is 3.53. The van der Waals surface area contributed by atoms with Crippen LogP contribution in [0.5, 0.6) is 0 Å². The number of H-pyrrole nitrogens is 1. The molecular weight excluding hydrogens is 270 g/mol. The SMILES string of the molecule is CC(C)(C)OC(=O)N1CCC(c2c[nH]c(=O)c(CN)c2)C1. The molecule has 2 rings (SSSR count). The van der Waals surface area contributed by atoms with Crippen LogP contribution in [0.25, 0.3) is 0 Å². The number of likely N-dealkylation sites (tertiary alicyclic amines) is 1. The molecular formula is C15H23N3O3. The van der Waals surface area contributed by atoms with Gasteiger partial charge in [0, 0.05) is 37.3 Å². The summed E-state index contributed by atoms with van der Waals surface area (Å²) in [6.45, 7) is 7.04. The van der Waals surface area contributed by atoms with Gasteiger partial charge >= 0.3 is 6.09 Å². The molecule has 1 atom stereocenters. The van der Waals surface area contributed by atoms with Gasteiger partial charge in [0.15, 0.2) is 0 Å². The minimum atomic E-state index is -0.486. The number of carbonyl (C=O) groups excluding carboxylic acids is 1. The van der Waals surface area contributed by atoms with Crippen LogP contribution < -0.4 is 11.3 Å². The molecule has 1 unspecified atom stereocenters. The third kappa shape index (κ3) is 3.85. The smallest absolute Gasteiger partial charge is 0.410 e. The lowest BCUT2D eigenvalue weighted by Crippen LogP contribution is -2.35. The van der Waals surface area contributed by atoms with Gasteiger partial charge in [0.1, 0.15) is 5.60 Å². The fraction of sp³-hybridized carbons (Fsp3) is 0.600. The number of ether oxygens (including phenoxy) is 1. The van der Waals surface area contributed by atoms with Crippen LogP contribution in [-0.4, -0.2) is 34.7 Å². The molecule has 1 amide bonds. The van der Waals surface area contributed by atoms with Crippen LogP contribution >= 0.6 is 0 Å². The standard InChI is InChI=1S/C15H23N3O3/c1-15(2,3)21-14(20)18-5-4-10(9-18)12-6-11(7-16)13(19)17-8-12/h6,8,10H,4-5,7,9,16H2,1-3H3,(H,17,19). The molecule has 0 saturated carbocycles. The molecule has 0 radical (unpaired) electrons. The summed E-state index contributed by atoms with van der Waals surface area (Å²) < 4.78 is 5.38. The van der Waals surface area contributed by atoms with Crippen LogP contribution in [0.3, 0.4) is 0 Å². The van der Waals surface area contributed by atoms with Crippen molar-refractivity contribution in [1.82, 2.24) is 9.88 Å². The second-order valence-electron chi connectivity index (χ2n) is 6.40. The average molecular weight is 293 g/mol. The molecule has 6 nitrogen and oxygen atoms in total. The summed E-state index contributed by atoms with van der Waals surface area (Å²) in [5, 5.41) is 0. The minimum Gasteiger partial charge on any atom is -0.444 e. The summed E-state index contributed by atoms with van der Waals surface area (Å²) in [6, 6.07) is 1.84. The van der Waals surface area contributed by atoms with Crippen LogP contribution in [-0.2, 0) is 11.3 Å². The summed E-state index contributed by atoms with van der Waals surface area (Å²) in [4.78, 5) is 28.0. The number of nitrogens with zero attached hydrogens (tertiary/aromatic N) is 1. The van der Waals surface area contributed by atoms with Crippen molar-refractivity contribution in [3.63, 3.8) is 0 Å². The zero-order chi connectivity index (χ0) is 15.6. The largest absolute Gasteiger partial charge is 0.444 e. The highest BCUT2D eigenvalue weighted by atomic mass is 16.6. The Morgan fingerprint density at radius 3 is 2.86 bits per heavy atom. The quantitative estimate of drug-likeness (QED) is 0.866. The summed E-state index contributed by atoms with van der Waals surface area (Å²) >= 11 is 0. The molecule has 1 aromatic rings. The minimum absolute atomic E-state index is 0.150. The van der Waals surface area contributed by atoms with Gasteiger partial charge in [-0.25, -0.2) is 4.79 Å². The second-order valence-corrected chi connectivity index (χ2v) is 6.40. The maximum Gasteiger partial charge on any atom is 0.410 e. The Morgan fingerprint density at radius 1 is 1.52 bits per heavy atom. The van der Waals surface area contributed by atoms with Crippen molar-refractivity contribution < 1.29 is 9.53 Å². The average Bonchev–Trinajstić information content (AvgIpc) is 2.87. The van der Waals surface area contributed by atoms with Gasteiger partial charge < -0.3 is 20.4 Å². The lowest BCUT2D eigenvalue weighted by molar-refractivity contribution is 0.0292. The summed E-state index contributed by atoms with van der Waals surface area (Å²) in [7, 11) is 0. The Labute approximate surface area is 124 Å². The molecule has 1 fully saturated rings. The topological polar surface area (TPSA) is 88.4 Å². The molecule has 0 aliphatic carbocycles. The number of nitrogens with one attached hydrogen (secondary N) is 1. The van der Waals surface area contributed by atoms with Crippen LogP contribution in [0.2, 0.25) is 0 Å². The van der Waals surface area contributed by atoms with Crippen molar-refractivity contribution in [3.05, 3.63) is 33.7 Å². The normalized spacial score (nSPS) is 18.9. The molecule has 1 aromatic heterocycles. The number of carbonyl (C=O) groups is 1. The van der Waals surface area contributed by atoms with Crippen molar-refractivity contribution >= 4 is 6.09 Å². The van der Waals surface area contributed by atoms with Gasteiger partial charge in [-0.3, -0.25) is 4.79 Å². The van der Waals surface area contributed by atoms with Crippen molar-refractivity contribution in [2.75, 3.05) is 13.1 Å². The van der Waals surface area contributed by atoms with E-state index in [4.69, 9.17) is 10.5 Å². The summed E-state index contributed by atoms with van der Waals surface area (Å²) in [5.41, 5.74) is 6.51. The van der Waals surface area contributed by atoms with Crippen molar-refractivity contribution in [2.45, 2.75) is 45.3 Å². The van der Waals surface area contributed by atoms with E-state index in [1.807, 2.05) is 26.8 Å². The second kappa shape index (κ2) is 5.89. The van der Waals surface area contributed by atoms with E-state index in [9.17, 15) is 9.59 Å². The number of amides is 1. The van der Waals surface area contributed by atoms with Crippen LogP contribution in [0.15, 0.2) is 17.1 Å². The molecule has 0 bridgehead atoms. The number of pyridine rings is 1. The zero-order valence-electron chi connectivity index (χ0n) is 12.8. The Bertz CT molecular complexity index is 574. The first-order valence-corrected chi connectivity index (χ1v) is 7.19. The first-order valence-electron chi connectivity index (χ1n) is 7.19. The zero-order valence-corrected chi connectivity index (χ0v) is 12.8. The first-order chi connectivity index (χ1) is 9.80. The Morgan fingerprint density at radius 2 is 2.24 bits per heavy atom. The maximum absolute atomic E-state index is 12.0. The molecule has 6 heteroatoms. The van der Waals surface area contributed by atoms with E-state index in [2.05, 4.69) is 4.98 Å². The molecule has 3 N–H and O–H groups in total. The number of aromatic amines is 1. The van der Waals surface area contributed by atoms with E-state index in [0.29, 0.717) is 18.7 Å². The number of rotatable bonds is 2. The van der Waals surface area contributed by atoms with Gasteiger partial charge in [0.05, 0.1) is 0 Å². The number of nitrogens with two attached hydrogens (primary N) is 1. The van der Waals surface area contributed by atoms with Crippen molar-refractivity contribution in [3.8, 4) is 0 Å². The Hall–Kier alpha value is -1.82. The van der Waals surface area contributed by atoms with Gasteiger partial charge in [-0.2, -0.15) is 0 Å². The highest BCUT2D eigenvalue weighted by molar-refractivity contribution is 5.68. The van der Waals surface area contributed by atoms with Crippen LogP contribution in [0.4, 0.5) is 4.79 Å². The highest BCUT2D eigenvalue weighted by Gasteiger charge is 2.30. The van der Waals surface area contributed by atoms with Crippen molar-refractivity contribution in [2.24, 2.45) is 5.73 Å². The van der Waals surface area contributed by atoms with Gasteiger partial charge in [-0.15, -0.1) is 0 Å².